The molecule has 3 aromatic rings. The molecule has 0 bridgehead atoms. The number of halogens is 1. The number of thioether (sulfide) groups is 1. The lowest BCUT2D eigenvalue weighted by atomic mass is 10.0. The smallest absolute Gasteiger partial charge is 0.142 e. The summed E-state index contributed by atoms with van der Waals surface area (Å²) in [6.45, 7) is 6.03. The number of pyridine rings is 1. The van der Waals surface area contributed by atoms with Crippen LogP contribution >= 0.6 is 11.8 Å². The van der Waals surface area contributed by atoms with Gasteiger partial charge in [0.15, 0.2) is 0 Å². The van der Waals surface area contributed by atoms with Crippen LogP contribution in [0.15, 0.2) is 35.4 Å². The van der Waals surface area contributed by atoms with Gasteiger partial charge in [-0.15, -0.1) is 11.8 Å². The fourth-order valence-electron chi connectivity index (χ4n) is 4.75. The van der Waals surface area contributed by atoms with Gasteiger partial charge in [-0.25, -0.2) is 4.52 Å². The van der Waals surface area contributed by atoms with Crippen molar-refractivity contribution in [3.05, 3.63) is 41.5 Å². The highest BCUT2D eigenvalue weighted by Crippen LogP contribution is 2.40. The Balaban J connectivity index is 1.91. The molecule has 4 rings (SSSR count). The first kappa shape index (κ1) is 22.9. The average molecular weight is 458 g/mol. The lowest BCUT2D eigenvalue weighted by molar-refractivity contribution is 0.0842. The molecule has 1 aliphatic rings. The van der Waals surface area contributed by atoms with Crippen molar-refractivity contribution in [2.24, 2.45) is 0 Å². The second-order valence-electron chi connectivity index (χ2n) is 8.30. The number of rotatable bonds is 8. The second kappa shape index (κ2) is 10.1. The Kier molecular flexibility index (Phi) is 7.26. The number of ether oxygens (including phenoxy) is 2. The molecule has 1 saturated heterocycles. The average Bonchev–Trinajstić information content (AvgIpc) is 3.18. The van der Waals surface area contributed by atoms with E-state index in [0.29, 0.717) is 19.0 Å². The molecule has 7 heteroatoms. The lowest BCUT2D eigenvalue weighted by Crippen LogP contribution is -2.40. The first-order valence-corrected chi connectivity index (χ1v) is 12.4. The van der Waals surface area contributed by atoms with Gasteiger partial charge in [0.05, 0.1) is 30.7 Å². The number of anilines is 1. The van der Waals surface area contributed by atoms with Gasteiger partial charge in [-0.05, 0) is 68.7 Å². The van der Waals surface area contributed by atoms with Gasteiger partial charge in [-0.3, -0.25) is 4.39 Å². The maximum Gasteiger partial charge on any atom is 0.142 e. The summed E-state index contributed by atoms with van der Waals surface area (Å²) < 4.78 is 26.6. The monoisotopic (exact) mass is 457 g/mol. The Morgan fingerprint density at radius 2 is 2.03 bits per heavy atom. The van der Waals surface area contributed by atoms with Crippen molar-refractivity contribution >= 4 is 23.0 Å². The molecule has 32 heavy (non-hydrogen) atoms. The fourth-order valence-corrected chi connectivity index (χ4v) is 5.33. The number of nitrogens with zero attached hydrogens (tertiary/aromatic N) is 3. The minimum atomic E-state index is -0.321. The van der Waals surface area contributed by atoms with Crippen molar-refractivity contribution in [2.75, 3.05) is 44.7 Å². The molecule has 2 aromatic heterocycles. The highest BCUT2D eigenvalue weighted by Gasteiger charge is 2.28. The van der Waals surface area contributed by atoms with E-state index in [-0.39, 0.29) is 6.67 Å². The summed E-state index contributed by atoms with van der Waals surface area (Å²) in [6.07, 6.45) is 4.46. The van der Waals surface area contributed by atoms with Crippen LogP contribution in [0, 0.1) is 13.8 Å². The molecule has 0 radical (unpaired) electrons. The molecule has 1 aromatic carbocycles. The summed E-state index contributed by atoms with van der Waals surface area (Å²) in [6, 6.07) is 10.9. The minimum absolute atomic E-state index is 0.321. The SMILES string of the molecule is COc1cc(C)cc(C)c1-c1cccc2c(N(CCCF)C3CCOCC3)c(SC)nn12. The number of hydrogen-bond acceptors (Lipinski definition) is 5. The van der Waals surface area contributed by atoms with Gasteiger partial charge in [0.25, 0.3) is 0 Å². The molecule has 0 spiro atoms. The van der Waals surface area contributed by atoms with E-state index in [1.165, 1.54) is 0 Å². The molecule has 0 atom stereocenters. The predicted octanol–water partition coefficient (Wildman–Crippen LogP) is 5.69. The summed E-state index contributed by atoms with van der Waals surface area (Å²) in [5, 5.41) is 5.99. The van der Waals surface area contributed by atoms with Crippen molar-refractivity contribution in [1.29, 1.82) is 0 Å². The quantitative estimate of drug-likeness (QED) is 0.406. The third kappa shape index (κ3) is 4.33. The first-order valence-electron chi connectivity index (χ1n) is 11.2. The Hall–Kier alpha value is -2.25. The zero-order valence-electron chi connectivity index (χ0n) is 19.4. The summed E-state index contributed by atoms with van der Waals surface area (Å²) in [5.74, 6) is 0.844. The van der Waals surface area contributed by atoms with Crippen LogP contribution in [0.2, 0.25) is 0 Å². The van der Waals surface area contributed by atoms with Gasteiger partial charge >= 0.3 is 0 Å². The van der Waals surface area contributed by atoms with Crippen LogP contribution < -0.4 is 9.64 Å². The van der Waals surface area contributed by atoms with Crippen LogP contribution in [-0.2, 0) is 4.74 Å². The Bertz CT molecular complexity index is 1080. The molecule has 5 nitrogen and oxygen atoms in total. The number of hydrogen-bond donors (Lipinski definition) is 0. The van der Waals surface area contributed by atoms with E-state index in [1.807, 2.05) is 4.52 Å². The Morgan fingerprint density at radius 3 is 2.72 bits per heavy atom. The molecule has 3 heterocycles. The number of benzene rings is 1. The number of alkyl halides is 1. The normalized spacial score (nSPS) is 14.8. The summed E-state index contributed by atoms with van der Waals surface area (Å²) >= 11 is 1.64. The third-order valence-corrected chi connectivity index (χ3v) is 6.83. The van der Waals surface area contributed by atoms with Crippen molar-refractivity contribution in [3.63, 3.8) is 0 Å². The van der Waals surface area contributed by atoms with Crippen molar-refractivity contribution in [2.45, 2.75) is 44.2 Å². The molecule has 1 fully saturated rings. The molecule has 0 unspecified atom stereocenters. The van der Waals surface area contributed by atoms with E-state index in [1.54, 1.807) is 18.9 Å². The van der Waals surface area contributed by atoms with Crippen LogP contribution in [0.25, 0.3) is 16.8 Å². The molecule has 0 N–H and O–H groups in total. The van der Waals surface area contributed by atoms with E-state index >= 15 is 0 Å². The maximum absolute atomic E-state index is 13.2. The van der Waals surface area contributed by atoms with Crippen LogP contribution in [0.5, 0.6) is 5.75 Å². The van der Waals surface area contributed by atoms with Crippen LogP contribution in [0.1, 0.15) is 30.4 Å². The first-order chi connectivity index (χ1) is 15.6. The summed E-state index contributed by atoms with van der Waals surface area (Å²) in [7, 11) is 1.71. The van der Waals surface area contributed by atoms with E-state index in [2.05, 4.69) is 55.3 Å². The van der Waals surface area contributed by atoms with Crippen molar-refractivity contribution in [1.82, 2.24) is 9.61 Å². The molecular weight excluding hydrogens is 425 g/mol. The zero-order valence-corrected chi connectivity index (χ0v) is 20.2. The maximum atomic E-state index is 13.2. The molecular formula is C25H32FN3O2S. The topological polar surface area (TPSA) is 39.0 Å². The van der Waals surface area contributed by atoms with E-state index in [0.717, 1.165) is 70.4 Å². The van der Waals surface area contributed by atoms with Gasteiger partial charge in [0.2, 0.25) is 0 Å². The fraction of sp³-hybridized carbons (Fsp3) is 0.480. The van der Waals surface area contributed by atoms with E-state index in [9.17, 15) is 4.39 Å². The molecule has 1 aliphatic heterocycles. The number of methoxy groups -OCH3 is 1. The standard InChI is InChI=1S/C25H32FN3O2S/c1-17-15-18(2)23(22(16-17)30-3)20-7-5-8-21-24(25(32-4)27-29(20)21)28(12-6-11-26)19-9-13-31-14-10-19/h5,7-8,15-16,19H,6,9-14H2,1-4H3. The van der Waals surface area contributed by atoms with E-state index < -0.39 is 0 Å². The highest BCUT2D eigenvalue weighted by atomic mass is 32.2. The Labute approximate surface area is 193 Å². The van der Waals surface area contributed by atoms with Gasteiger partial charge in [-0.2, -0.15) is 5.10 Å². The van der Waals surface area contributed by atoms with E-state index in [4.69, 9.17) is 14.6 Å². The molecule has 0 aliphatic carbocycles. The lowest BCUT2D eigenvalue weighted by Gasteiger charge is -2.36. The highest BCUT2D eigenvalue weighted by molar-refractivity contribution is 7.98. The van der Waals surface area contributed by atoms with Gasteiger partial charge < -0.3 is 14.4 Å². The molecule has 172 valence electrons. The van der Waals surface area contributed by atoms with Crippen molar-refractivity contribution < 1.29 is 13.9 Å². The summed E-state index contributed by atoms with van der Waals surface area (Å²) in [5.41, 5.74) is 6.50. The van der Waals surface area contributed by atoms with Crippen LogP contribution in [0.4, 0.5) is 10.1 Å². The number of aromatic nitrogens is 2. The van der Waals surface area contributed by atoms with Crippen LogP contribution in [-0.4, -0.2) is 55.5 Å². The Morgan fingerprint density at radius 1 is 1.25 bits per heavy atom. The zero-order chi connectivity index (χ0) is 22.7. The summed E-state index contributed by atoms with van der Waals surface area (Å²) in [4.78, 5) is 2.37. The van der Waals surface area contributed by atoms with Gasteiger partial charge in [0, 0.05) is 31.4 Å². The minimum Gasteiger partial charge on any atom is -0.496 e. The van der Waals surface area contributed by atoms with Gasteiger partial charge in [0.1, 0.15) is 10.8 Å². The second-order valence-corrected chi connectivity index (χ2v) is 9.10. The largest absolute Gasteiger partial charge is 0.496 e. The van der Waals surface area contributed by atoms with Crippen LogP contribution in [0.3, 0.4) is 0 Å². The van der Waals surface area contributed by atoms with Crippen molar-refractivity contribution in [3.8, 4) is 17.0 Å². The molecule has 0 saturated carbocycles. The third-order valence-electron chi connectivity index (χ3n) is 6.17. The van der Waals surface area contributed by atoms with Gasteiger partial charge in [-0.1, -0.05) is 12.1 Å². The molecule has 0 amide bonds. The number of aryl methyl sites for hydroxylation is 2. The number of fused-ring (bicyclic) bond motifs is 1. The predicted molar refractivity (Wildman–Crippen MR) is 130 cm³/mol.